The lowest BCUT2D eigenvalue weighted by atomic mass is 9.85. The maximum absolute atomic E-state index is 12.3. The number of ketones is 1. The SMILES string of the molecule is CC(CC1CCCCC1)NCc1ccccc1OCC(=O)CCc1ccc(O)cc1. The van der Waals surface area contributed by atoms with Gasteiger partial charge in [-0.3, -0.25) is 4.79 Å². The Kier molecular flexibility index (Phi) is 8.76. The number of hydrogen-bond acceptors (Lipinski definition) is 4. The van der Waals surface area contributed by atoms with Crippen molar-refractivity contribution in [2.45, 2.75) is 70.9 Å². The lowest BCUT2D eigenvalue weighted by molar-refractivity contribution is -0.121. The van der Waals surface area contributed by atoms with Gasteiger partial charge in [0.1, 0.15) is 18.1 Å². The van der Waals surface area contributed by atoms with E-state index in [1.54, 1.807) is 12.1 Å². The van der Waals surface area contributed by atoms with Gasteiger partial charge in [0.25, 0.3) is 0 Å². The summed E-state index contributed by atoms with van der Waals surface area (Å²) >= 11 is 0. The number of phenols is 1. The van der Waals surface area contributed by atoms with Gasteiger partial charge in [-0.25, -0.2) is 0 Å². The number of Topliss-reactive ketones (excluding diaryl/α,β-unsaturated/α-hetero) is 1. The van der Waals surface area contributed by atoms with Crippen LogP contribution in [0, 0.1) is 5.92 Å². The van der Waals surface area contributed by atoms with Crippen LogP contribution in [0.2, 0.25) is 0 Å². The maximum Gasteiger partial charge on any atom is 0.170 e. The van der Waals surface area contributed by atoms with Gasteiger partial charge in [0.05, 0.1) is 0 Å². The number of phenolic OH excluding ortho intramolecular Hbond substituents is 1. The summed E-state index contributed by atoms with van der Waals surface area (Å²) in [5.41, 5.74) is 2.14. The standard InChI is InChI=1S/C26H35NO3/c1-20(17-22-7-3-2-4-8-22)27-18-23-9-5-6-10-26(23)30-19-25(29)16-13-21-11-14-24(28)15-12-21/h5-6,9-12,14-15,20,22,27-28H,2-4,7-8,13,16-19H2,1H3. The van der Waals surface area contributed by atoms with E-state index in [0.717, 1.165) is 29.3 Å². The molecule has 162 valence electrons. The van der Waals surface area contributed by atoms with Crippen molar-refractivity contribution >= 4 is 5.78 Å². The van der Waals surface area contributed by atoms with E-state index >= 15 is 0 Å². The van der Waals surface area contributed by atoms with Crippen molar-refractivity contribution in [3.63, 3.8) is 0 Å². The number of nitrogens with one attached hydrogen (secondary N) is 1. The third-order valence-electron chi connectivity index (χ3n) is 6.04. The Balaban J connectivity index is 1.42. The number of hydrogen-bond donors (Lipinski definition) is 2. The van der Waals surface area contributed by atoms with E-state index < -0.39 is 0 Å². The molecule has 0 bridgehead atoms. The quantitative estimate of drug-likeness (QED) is 0.520. The molecule has 1 aliphatic carbocycles. The average molecular weight is 410 g/mol. The molecule has 1 atom stereocenters. The molecule has 0 heterocycles. The van der Waals surface area contributed by atoms with Crippen molar-refractivity contribution in [3.05, 3.63) is 59.7 Å². The van der Waals surface area contributed by atoms with Crippen molar-refractivity contribution in [1.82, 2.24) is 5.32 Å². The van der Waals surface area contributed by atoms with Crippen molar-refractivity contribution in [1.29, 1.82) is 0 Å². The number of para-hydroxylation sites is 1. The van der Waals surface area contributed by atoms with Gasteiger partial charge >= 0.3 is 0 Å². The molecule has 0 spiro atoms. The second-order valence-corrected chi connectivity index (χ2v) is 8.62. The van der Waals surface area contributed by atoms with Crippen molar-refractivity contribution in [2.75, 3.05) is 6.61 Å². The van der Waals surface area contributed by atoms with E-state index in [2.05, 4.69) is 18.3 Å². The number of rotatable bonds is 11. The first-order valence-corrected chi connectivity index (χ1v) is 11.3. The van der Waals surface area contributed by atoms with Crippen molar-refractivity contribution in [3.8, 4) is 11.5 Å². The number of ether oxygens (including phenoxy) is 1. The Labute approximate surface area is 180 Å². The fourth-order valence-corrected chi connectivity index (χ4v) is 4.26. The van der Waals surface area contributed by atoms with Gasteiger partial charge in [0.15, 0.2) is 5.78 Å². The summed E-state index contributed by atoms with van der Waals surface area (Å²) in [6.45, 7) is 3.11. The number of benzene rings is 2. The molecule has 2 aromatic rings. The first-order valence-electron chi connectivity index (χ1n) is 11.3. The Morgan fingerprint density at radius 2 is 1.83 bits per heavy atom. The molecule has 0 amide bonds. The Hall–Kier alpha value is -2.33. The molecule has 30 heavy (non-hydrogen) atoms. The number of aromatic hydroxyl groups is 1. The zero-order chi connectivity index (χ0) is 21.2. The lowest BCUT2D eigenvalue weighted by Crippen LogP contribution is -2.28. The third kappa shape index (κ3) is 7.49. The molecule has 0 saturated heterocycles. The summed E-state index contributed by atoms with van der Waals surface area (Å²) in [6.07, 6.45) is 9.24. The zero-order valence-corrected chi connectivity index (χ0v) is 18.1. The summed E-state index contributed by atoms with van der Waals surface area (Å²) in [4.78, 5) is 12.3. The normalized spacial score (nSPS) is 15.6. The molecule has 1 saturated carbocycles. The van der Waals surface area contributed by atoms with Crippen LogP contribution in [0.5, 0.6) is 11.5 Å². The van der Waals surface area contributed by atoms with Crippen LogP contribution < -0.4 is 10.1 Å². The summed E-state index contributed by atoms with van der Waals surface area (Å²) in [5.74, 6) is 1.97. The molecule has 2 aromatic carbocycles. The summed E-state index contributed by atoms with van der Waals surface area (Å²) in [7, 11) is 0. The van der Waals surface area contributed by atoms with E-state index in [9.17, 15) is 9.90 Å². The second-order valence-electron chi connectivity index (χ2n) is 8.62. The van der Waals surface area contributed by atoms with Gasteiger partial charge < -0.3 is 15.2 Å². The van der Waals surface area contributed by atoms with Gasteiger partial charge in [-0.2, -0.15) is 0 Å². The van der Waals surface area contributed by atoms with Gasteiger partial charge in [-0.15, -0.1) is 0 Å². The molecular formula is C26H35NO3. The molecule has 2 N–H and O–H groups in total. The van der Waals surface area contributed by atoms with E-state index in [0.29, 0.717) is 18.9 Å². The molecule has 1 unspecified atom stereocenters. The summed E-state index contributed by atoms with van der Waals surface area (Å²) in [5, 5.41) is 13.0. The van der Waals surface area contributed by atoms with Gasteiger partial charge in [-0.05, 0) is 49.4 Å². The van der Waals surface area contributed by atoms with E-state index in [4.69, 9.17) is 4.74 Å². The van der Waals surface area contributed by atoms with Crippen LogP contribution in [0.25, 0.3) is 0 Å². The third-order valence-corrected chi connectivity index (χ3v) is 6.04. The summed E-state index contributed by atoms with van der Waals surface area (Å²) in [6, 6.07) is 15.4. The zero-order valence-electron chi connectivity index (χ0n) is 18.1. The van der Waals surface area contributed by atoms with Gasteiger partial charge in [-0.1, -0.05) is 62.4 Å². The molecule has 0 radical (unpaired) electrons. The number of aryl methyl sites for hydroxylation is 1. The Bertz CT molecular complexity index is 781. The fraction of sp³-hybridized carbons (Fsp3) is 0.500. The minimum atomic E-state index is 0.0801. The first-order chi connectivity index (χ1) is 14.6. The van der Waals surface area contributed by atoms with Crippen LogP contribution in [-0.2, 0) is 17.8 Å². The highest BCUT2D eigenvalue weighted by Gasteiger charge is 2.16. The van der Waals surface area contributed by atoms with Crippen LogP contribution in [0.3, 0.4) is 0 Å². The van der Waals surface area contributed by atoms with Crippen LogP contribution in [0.4, 0.5) is 0 Å². The number of carbonyl (C=O) groups is 1. The number of carbonyl (C=O) groups excluding carboxylic acids is 1. The fourth-order valence-electron chi connectivity index (χ4n) is 4.26. The molecule has 1 aliphatic rings. The molecular weight excluding hydrogens is 374 g/mol. The average Bonchev–Trinajstić information content (AvgIpc) is 2.77. The first kappa shape index (κ1) is 22.4. The molecule has 3 rings (SSSR count). The van der Waals surface area contributed by atoms with Crippen molar-refractivity contribution < 1.29 is 14.6 Å². The van der Waals surface area contributed by atoms with E-state index in [1.165, 1.54) is 38.5 Å². The highest BCUT2D eigenvalue weighted by Crippen LogP contribution is 2.27. The Morgan fingerprint density at radius 1 is 1.10 bits per heavy atom. The van der Waals surface area contributed by atoms with Crippen LogP contribution in [0.1, 0.15) is 63.0 Å². The topological polar surface area (TPSA) is 58.6 Å². The molecule has 4 nitrogen and oxygen atoms in total. The summed E-state index contributed by atoms with van der Waals surface area (Å²) < 4.78 is 5.86. The molecule has 0 aliphatic heterocycles. The van der Waals surface area contributed by atoms with E-state index in [1.807, 2.05) is 30.3 Å². The minimum absolute atomic E-state index is 0.0801. The maximum atomic E-state index is 12.3. The minimum Gasteiger partial charge on any atom is -0.508 e. The van der Waals surface area contributed by atoms with Crippen molar-refractivity contribution in [2.24, 2.45) is 5.92 Å². The van der Waals surface area contributed by atoms with Gasteiger partial charge in [0, 0.05) is 24.6 Å². The molecule has 4 heteroatoms. The largest absolute Gasteiger partial charge is 0.508 e. The monoisotopic (exact) mass is 409 g/mol. The second kappa shape index (κ2) is 11.8. The molecule has 1 fully saturated rings. The van der Waals surface area contributed by atoms with Crippen LogP contribution in [0.15, 0.2) is 48.5 Å². The highest BCUT2D eigenvalue weighted by atomic mass is 16.5. The highest BCUT2D eigenvalue weighted by molar-refractivity contribution is 5.80. The smallest absolute Gasteiger partial charge is 0.170 e. The Morgan fingerprint density at radius 3 is 2.60 bits per heavy atom. The van der Waals surface area contributed by atoms with Crippen LogP contribution in [-0.4, -0.2) is 23.5 Å². The lowest BCUT2D eigenvalue weighted by Gasteiger charge is -2.25. The van der Waals surface area contributed by atoms with Crippen LogP contribution >= 0.6 is 0 Å². The van der Waals surface area contributed by atoms with E-state index in [-0.39, 0.29) is 18.1 Å². The molecule has 0 aromatic heterocycles. The van der Waals surface area contributed by atoms with Gasteiger partial charge in [0.2, 0.25) is 0 Å². The predicted molar refractivity (Wildman–Crippen MR) is 121 cm³/mol. The predicted octanol–water partition coefficient (Wildman–Crippen LogP) is 5.42.